The molecule has 2 heterocycles. The lowest BCUT2D eigenvalue weighted by molar-refractivity contribution is 1.16. The summed E-state index contributed by atoms with van der Waals surface area (Å²) in [6.45, 7) is 2.17. The van der Waals surface area contributed by atoms with Crippen molar-refractivity contribution in [2.75, 3.05) is 0 Å². The average molecular weight is 499 g/mol. The summed E-state index contributed by atoms with van der Waals surface area (Å²) in [5.74, 6) is 0. The second-order valence-corrected chi connectivity index (χ2v) is 10.3. The molecule has 0 radical (unpaired) electrons. The number of benzene rings is 6. The average Bonchev–Trinajstić information content (AvgIpc) is 3.49. The molecule has 0 saturated carbocycles. The van der Waals surface area contributed by atoms with E-state index in [4.69, 9.17) is 0 Å². The molecule has 6 aromatic carbocycles. The minimum Gasteiger partial charge on any atom is -0.309 e. The molecule has 0 aliphatic heterocycles. The lowest BCUT2D eigenvalue weighted by atomic mass is 10.0. The summed E-state index contributed by atoms with van der Waals surface area (Å²) in [6, 6.07) is 50.6. The number of hydrogen-bond donors (Lipinski definition) is 0. The predicted octanol–water partition coefficient (Wildman–Crippen LogP) is 9.86. The maximum atomic E-state index is 2.41. The number of fused-ring (bicyclic) bond motifs is 6. The van der Waals surface area contributed by atoms with Gasteiger partial charge < -0.3 is 9.13 Å². The van der Waals surface area contributed by atoms with Gasteiger partial charge in [0.15, 0.2) is 0 Å². The van der Waals surface area contributed by atoms with Gasteiger partial charge in [0.2, 0.25) is 0 Å². The number of para-hydroxylation sites is 2. The summed E-state index contributed by atoms with van der Waals surface area (Å²) in [5.41, 5.74) is 11.0. The van der Waals surface area contributed by atoms with E-state index in [2.05, 4.69) is 156 Å². The van der Waals surface area contributed by atoms with E-state index < -0.39 is 0 Å². The van der Waals surface area contributed by atoms with Gasteiger partial charge in [-0.25, -0.2) is 0 Å². The van der Waals surface area contributed by atoms with Gasteiger partial charge in [-0.05, 0) is 78.7 Å². The SMILES string of the molecule is Cc1ccc2c(c1)c1ccccc1n2-c1ccc2c(c1)c1cc(-c3ccccc3)ccc1n2-c1ccccc1. The Hall–Kier alpha value is -5.08. The summed E-state index contributed by atoms with van der Waals surface area (Å²) in [7, 11) is 0. The Morgan fingerprint density at radius 2 is 0.923 bits per heavy atom. The van der Waals surface area contributed by atoms with Gasteiger partial charge in [-0.3, -0.25) is 0 Å². The highest BCUT2D eigenvalue weighted by Crippen LogP contribution is 2.38. The molecule has 2 heteroatoms. The fourth-order valence-electron chi connectivity index (χ4n) is 6.18. The minimum absolute atomic E-state index is 1.17. The second-order valence-electron chi connectivity index (χ2n) is 10.3. The fraction of sp³-hybridized carbons (Fsp3) is 0.0270. The molecule has 0 atom stereocenters. The molecule has 0 fully saturated rings. The quantitative estimate of drug-likeness (QED) is 0.229. The molecule has 0 unspecified atom stereocenters. The summed E-state index contributed by atoms with van der Waals surface area (Å²) >= 11 is 0. The maximum absolute atomic E-state index is 2.41. The van der Waals surface area contributed by atoms with E-state index in [1.54, 1.807) is 0 Å². The Morgan fingerprint density at radius 3 is 1.72 bits per heavy atom. The van der Waals surface area contributed by atoms with Crippen molar-refractivity contribution in [3.05, 3.63) is 145 Å². The first kappa shape index (κ1) is 22.0. The number of aromatic nitrogens is 2. The zero-order valence-electron chi connectivity index (χ0n) is 21.7. The smallest absolute Gasteiger partial charge is 0.0542 e. The van der Waals surface area contributed by atoms with Crippen molar-refractivity contribution >= 4 is 43.6 Å². The summed E-state index contributed by atoms with van der Waals surface area (Å²) in [4.78, 5) is 0. The van der Waals surface area contributed by atoms with E-state index in [0.717, 1.165) is 0 Å². The van der Waals surface area contributed by atoms with Crippen LogP contribution in [0.5, 0.6) is 0 Å². The number of aryl methyl sites for hydroxylation is 1. The Kier molecular flexibility index (Phi) is 4.77. The normalized spacial score (nSPS) is 11.7. The molecular formula is C37H26N2. The van der Waals surface area contributed by atoms with Crippen molar-refractivity contribution in [1.29, 1.82) is 0 Å². The summed E-state index contributed by atoms with van der Waals surface area (Å²) < 4.78 is 4.80. The molecule has 0 amide bonds. The Balaban J connectivity index is 1.46. The van der Waals surface area contributed by atoms with E-state index in [0.29, 0.717) is 0 Å². The molecule has 0 spiro atoms. The molecule has 184 valence electrons. The molecule has 8 aromatic rings. The van der Waals surface area contributed by atoms with Crippen LogP contribution in [-0.4, -0.2) is 9.13 Å². The van der Waals surface area contributed by atoms with Gasteiger partial charge in [0.05, 0.1) is 22.1 Å². The molecule has 0 saturated heterocycles. The van der Waals surface area contributed by atoms with E-state index >= 15 is 0 Å². The van der Waals surface area contributed by atoms with Crippen LogP contribution >= 0.6 is 0 Å². The van der Waals surface area contributed by atoms with Crippen molar-refractivity contribution in [2.45, 2.75) is 6.92 Å². The lowest BCUT2D eigenvalue weighted by Crippen LogP contribution is -1.95. The summed E-state index contributed by atoms with van der Waals surface area (Å²) in [5, 5.41) is 5.09. The first-order valence-electron chi connectivity index (χ1n) is 13.5. The van der Waals surface area contributed by atoms with Gasteiger partial charge in [-0.2, -0.15) is 0 Å². The molecule has 0 aliphatic carbocycles. The highest BCUT2D eigenvalue weighted by atomic mass is 15.0. The van der Waals surface area contributed by atoms with E-state index in [9.17, 15) is 0 Å². The van der Waals surface area contributed by atoms with Crippen molar-refractivity contribution in [3.8, 4) is 22.5 Å². The third-order valence-corrected chi connectivity index (χ3v) is 7.96. The first-order chi connectivity index (χ1) is 19.3. The standard InChI is InChI=1S/C37H26N2/c1-25-16-19-35-31(22-25)30-14-8-9-15-34(30)39(35)29-18-21-37-33(24-29)32-23-27(26-10-4-2-5-11-26)17-20-36(32)38(37)28-12-6-3-7-13-28/h2-24H,1H3. The largest absolute Gasteiger partial charge is 0.309 e. The van der Waals surface area contributed by atoms with Crippen LogP contribution in [0.1, 0.15) is 5.56 Å². The molecule has 0 aliphatic rings. The van der Waals surface area contributed by atoms with Crippen molar-refractivity contribution in [1.82, 2.24) is 9.13 Å². The van der Waals surface area contributed by atoms with E-state index in [1.165, 1.54) is 71.7 Å². The zero-order chi connectivity index (χ0) is 25.9. The third-order valence-electron chi connectivity index (χ3n) is 7.96. The van der Waals surface area contributed by atoms with Gasteiger partial charge in [0.1, 0.15) is 0 Å². The van der Waals surface area contributed by atoms with Crippen LogP contribution in [0.25, 0.3) is 66.1 Å². The van der Waals surface area contributed by atoms with Gasteiger partial charge >= 0.3 is 0 Å². The summed E-state index contributed by atoms with van der Waals surface area (Å²) in [6.07, 6.45) is 0. The van der Waals surface area contributed by atoms with Crippen LogP contribution in [0.4, 0.5) is 0 Å². The monoisotopic (exact) mass is 498 g/mol. The van der Waals surface area contributed by atoms with Crippen molar-refractivity contribution in [2.24, 2.45) is 0 Å². The Labute approximate surface area is 227 Å². The Bertz CT molecular complexity index is 2160. The van der Waals surface area contributed by atoms with E-state index in [1.807, 2.05) is 0 Å². The van der Waals surface area contributed by atoms with Gasteiger partial charge in [-0.1, -0.05) is 84.4 Å². The van der Waals surface area contributed by atoms with E-state index in [-0.39, 0.29) is 0 Å². The maximum Gasteiger partial charge on any atom is 0.0542 e. The van der Waals surface area contributed by atoms with Crippen LogP contribution < -0.4 is 0 Å². The van der Waals surface area contributed by atoms with Crippen molar-refractivity contribution in [3.63, 3.8) is 0 Å². The molecular weight excluding hydrogens is 472 g/mol. The first-order valence-corrected chi connectivity index (χ1v) is 13.5. The van der Waals surface area contributed by atoms with Crippen LogP contribution in [0.15, 0.2) is 140 Å². The molecule has 39 heavy (non-hydrogen) atoms. The highest BCUT2D eigenvalue weighted by Gasteiger charge is 2.17. The van der Waals surface area contributed by atoms with Crippen LogP contribution in [0.2, 0.25) is 0 Å². The topological polar surface area (TPSA) is 9.86 Å². The number of nitrogens with zero attached hydrogens (tertiary/aromatic N) is 2. The third kappa shape index (κ3) is 3.35. The van der Waals surface area contributed by atoms with Crippen LogP contribution in [0.3, 0.4) is 0 Å². The van der Waals surface area contributed by atoms with Gasteiger partial charge in [-0.15, -0.1) is 0 Å². The number of hydrogen-bond acceptors (Lipinski definition) is 0. The minimum atomic E-state index is 1.17. The molecule has 2 aromatic heterocycles. The molecule has 0 N–H and O–H groups in total. The number of rotatable bonds is 3. The fourth-order valence-corrected chi connectivity index (χ4v) is 6.18. The lowest BCUT2D eigenvalue weighted by Gasteiger charge is -2.10. The highest BCUT2D eigenvalue weighted by molar-refractivity contribution is 6.13. The van der Waals surface area contributed by atoms with Gasteiger partial charge in [0.25, 0.3) is 0 Å². The predicted molar refractivity (Wildman–Crippen MR) is 165 cm³/mol. The van der Waals surface area contributed by atoms with Crippen molar-refractivity contribution < 1.29 is 0 Å². The molecule has 8 rings (SSSR count). The van der Waals surface area contributed by atoms with Crippen LogP contribution in [0, 0.1) is 6.92 Å². The van der Waals surface area contributed by atoms with Gasteiger partial charge in [0, 0.05) is 32.9 Å². The molecule has 0 bridgehead atoms. The molecule has 2 nitrogen and oxygen atoms in total. The Morgan fingerprint density at radius 1 is 0.359 bits per heavy atom. The van der Waals surface area contributed by atoms with Crippen LogP contribution in [-0.2, 0) is 0 Å². The second kappa shape index (κ2) is 8.47. The zero-order valence-corrected chi connectivity index (χ0v) is 21.7.